The molecule has 0 fully saturated rings. The van der Waals surface area contributed by atoms with Gasteiger partial charge in [-0.3, -0.25) is 9.48 Å². The maximum atomic E-state index is 11.9. The molecule has 0 aromatic carbocycles. The molecule has 7 nitrogen and oxygen atoms in total. The molecule has 0 bridgehead atoms. The molecule has 1 aromatic rings. The van der Waals surface area contributed by atoms with Gasteiger partial charge in [0.1, 0.15) is 11.4 Å². The zero-order valence-electron chi connectivity index (χ0n) is 11.2. The average molecular weight is 289 g/mol. The van der Waals surface area contributed by atoms with Crippen molar-refractivity contribution in [2.45, 2.75) is 32.2 Å². The molecule has 2 N–H and O–H groups in total. The zero-order valence-corrected chi connectivity index (χ0v) is 12.0. The van der Waals surface area contributed by atoms with E-state index in [1.807, 2.05) is 20.8 Å². The first-order valence-electron chi connectivity index (χ1n) is 5.96. The minimum Gasteiger partial charge on any atom is -0.480 e. The molecule has 1 aromatic heterocycles. The predicted octanol–water partition coefficient (Wildman–Crippen LogP) is 0.538. The molecule has 0 radical (unpaired) electrons. The van der Waals surface area contributed by atoms with E-state index in [4.69, 9.17) is 5.11 Å². The highest BCUT2D eigenvalue weighted by molar-refractivity contribution is 7.89. The first-order valence-corrected chi connectivity index (χ1v) is 7.44. The molecule has 19 heavy (non-hydrogen) atoms. The van der Waals surface area contributed by atoms with E-state index < -0.39 is 16.0 Å². The van der Waals surface area contributed by atoms with E-state index in [1.54, 1.807) is 0 Å². The number of rotatable bonds is 7. The second-order valence-electron chi connectivity index (χ2n) is 4.84. The number of sulfonamides is 1. The summed E-state index contributed by atoms with van der Waals surface area (Å²) >= 11 is 0. The van der Waals surface area contributed by atoms with Crippen molar-refractivity contribution in [3.8, 4) is 0 Å². The summed E-state index contributed by atoms with van der Waals surface area (Å²) in [6, 6.07) is 0. The highest BCUT2D eigenvalue weighted by Gasteiger charge is 2.18. The molecule has 1 heterocycles. The summed E-state index contributed by atoms with van der Waals surface area (Å²) in [6.45, 7) is 5.97. The smallest absolute Gasteiger partial charge is 0.325 e. The van der Waals surface area contributed by atoms with E-state index >= 15 is 0 Å². The Morgan fingerprint density at radius 2 is 2.11 bits per heavy atom. The van der Waals surface area contributed by atoms with Gasteiger partial charge in [-0.25, -0.2) is 13.1 Å². The van der Waals surface area contributed by atoms with Gasteiger partial charge in [0.2, 0.25) is 10.0 Å². The van der Waals surface area contributed by atoms with Gasteiger partial charge in [-0.15, -0.1) is 0 Å². The number of hydrogen-bond acceptors (Lipinski definition) is 4. The SMILES string of the molecule is CC(C)C(C)CNS(=O)(=O)c1cnn(CC(=O)O)c1. The van der Waals surface area contributed by atoms with Crippen LogP contribution in [0.2, 0.25) is 0 Å². The summed E-state index contributed by atoms with van der Waals surface area (Å²) < 4.78 is 27.5. The van der Waals surface area contributed by atoms with Crippen LogP contribution in [0.15, 0.2) is 17.3 Å². The Morgan fingerprint density at radius 3 is 2.63 bits per heavy atom. The molecule has 0 saturated heterocycles. The van der Waals surface area contributed by atoms with Crippen LogP contribution in [-0.2, 0) is 21.4 Å². The molecule has 1 atom stereocenters. The maximum absolute atomic E-state index is 11.9. The van der Waals surface area contributed by atoms with Crippen molar-refractivity contribution in [2.24, 2.45) is 11.8 Å². The van der Waals surface area contributed by atoms with Crippen LogP contribution in [0.4, 0.5) is 0 Å². The van der Waals surface area contributed by atoms with Crippen LogP contribution >= 0.6 is 0 Å². The van der Waals surface area contributed by atoms with Gasteiger partial charge in [0.05, 0.1) is 6.20 Å². The number of aromatic nitrogens is 2. The standard InChI is InChI=1S/C11H19N3O4S/c1-8(2)9(3)4-13-19(17,18)10-5-12-14(6-10)7-11(15)16/h5-6,8-9,13H,4,7H2,1-3H3,(H,15,16). The van der Waals surface area contributed by atoms with E-state index in [0.717, 1.165) is 10.9 Å². The summed E-state index contributed by atoms with van der Waals surface area (Å²) in [5.41, 5.74) is 0. The lowest BCUT2D eigenvalue weighted by molar-refractivity contribution is -0.137. The van der Waals surface area contributed by atoms with Gasteiger partial charge in [-0.1, -0.05) is 20.8 Å². The summed E-state index contributed by atoms with van der Waals surface area (Å²) in [5.74, 6) is -0.491. The molecule has 8 heteroatoms. The molecule has 1 unspecified atom stereocenters. The van der Waals surface area contributed by atoms with Crippen molar-refractivity contribution in [1.29, 1.82) is 0 Å². The van der Waals surface area contributed by atoms with Crippen LogP contribution in [0.3, 0.4) is 0 Å². The van der Waals surface area contributed by atoms with E-state index in [1.165, 1.54) is 6.20 Å². The minimum absolute atomic E-state index is 0.0234. The second-order valence-corrected chi connectivity index (χ2v) is 6.61. The normalized spacial score (nSPS) is 13.7. The maximum Gasteiger partial charge on any atom is 0.325 e. The van der Waals surface area contributed by atoms with Crippen LogP contribution < -0.4 is 4.72 Å². The van der Waals surface area contributed by atoms with Gasteiger partial charge in [-0.05, 0) is 11.8 Å². The molecule has 0 aliphatic rings. The Hall–Kier alpha value is -1.41. The number of carboxylic acids is 1. The lowest BCUT2D eigenvalue weighted by atomic mass is 9.99. The van der Waals surface area contributed by atoms with Gasteiger partial charge in [0.25, 0.3) is 0 Å². The van der Waals surface area contributed by atoms with E-state index in [2.05, 4.69) is 9.82 Å². The molecule has 108 valence electrons. The molecular weight excluding hydrogens is 270 g/mol. The Labute approximate surface area is 112 Å². The van der Waals surface area contributed by atoms with Gasteiger partial charge >= 0.3 is 5.97 Å². The molecular formula is C11H19N3O4S. The lowest BCUT2D eigenvalue weighted by Crippen LogP contribution is -2.30. The first kappa shape index (κ1) is 15.6. The van der Waals surface area contributed by atoms with Crippen molar-refractivity contribution in [3.63, 3.8) is 0 Å². The van der Waals surface area contributed by atoms with Crippen LogP contribution in [-0.4, -0.2) is 35.8 Å². The predicted molar refractivity (Wildman–Crippen MR) is 69.1 cm³/mol. The van der Waals surface area contributed by atoms with Crippen molar-refractivity contribution in [2.75, 3.05) is 6.54 Å². The van der Waals surface area contributed by atoms with Crippen LogP contribution in [0.5, 0.6) is 0 Å². The van der Waals surface area contributed by atoms with E-state index in [-0.39, 0.29) is 17.4 Å². The quantitative estimate of drug-likeness (QED) is 0.762. The summed E-state index contributed by atoms with van der Waals surface area (Å²) in [6.07, 6.45) is 2.35. The van der Waals surface area contributed by atoms with Gasteiger partial charge in [0, 0.05) is 12.7 Å². The molecule has 1 rings (SSSR count). The summed E-state index contributed by atoms with van der Waals surface area (Å²) in [4.78, 5) is 10.5. The molecule has 0 aliphatic heterocycles. The number of hydrogen-bond donors (Lipinski definition) is 2. The highest BCUT2D eigenvalue weighted by Crippen LogP contribution is 2.11. The Balaban J connectivity index is 2.72. The highest BCUT2D eigenvalue weighted by atomic mass is 32.2. The van der Waals surface area contributed by atoms with E-state index in [9.17, 15) is 13.2 Å². The van der Waals surface area contributed by atoms with E-state index in [0.29, 0.717) is 12.5 Å². The third-order valence-corrected chi connectivity index (χ3v) is 4.33. The topological polar surface area (TPSA) is 101 Å². The van der Waals surface area contributed by atoms with Crippen molar-refractivity contribution >= 4 is 16.0 Å². The minimum atomic E-state index is -3.63. The third-order valence-electron chi connectivity index (χ3n) is 2.95. The van der Waals surface area contributed by atoms with Crippen LogP contribution in [0, 0.1) is 11.8 Å². The number of carbonyl (C=O) groups is 1. The van der Waals surface area contributed by atoms with Crippen LogP contribution in [0.1, 0.15) is 20.8 Å². The average Bonchev–Trinajstić information content (AvgIpc) is 2.74. The van der Waals surface area contributed by atoms with Crippen molar-refractivity contribution < 1.29 is 18.3 Å². The molecule has 0 spiro atoms. The van der Waals surface area contributed by atoms with Crippen molar-refractivity contribution in [3.05, 3.63) is 12.4 Å². The largest absolute Gasteiger partial charge is 0.480 e. The Bertz CT molecular complexity index is 536. The number of aliphatic carboxylic acids is 1. The Morgan fingerprint density at radius 1 is 1.47 bits per heavy atom. The second kappa shape index (κ2) is 6.16. The van der Waals surface area contributed by atoms with Crippen LogP contribution in [0.25, 0.3) is 0 Å². The first-order chi connectivity index (χ1) is 8.72. The Kier molecular flexibility index (Phi) is 5.07. The molecule has 0 amide bonds. The van der Waals surface area contributed by atoms with Gasteiger partial charge in [0.15, 0.2) is 0 Å². The third kappa shape index (κ3) is 4.64. The molecule has 0 saturated carbocycles. The molecule has 0 aliphatic carbocycles. The lowest BCUT2D eigenvalue weighted by Gasteiger charge is -2.15. The monoisotopic (exact) mass is 289 g/mol. The number of carboxylic acid groups (broad SMARTS) is 1. The fraction of sp³-hybridized carbons (Fsp3) is 0.636. The summed E-state index contributed by atoms with van der Waals surface area (Å²) in [5, 5.41) is 12.3. The van der Waals surface area contributed by atoms with Gasteiger partial charge in [-0.2, -0.15) is 5.10 Å². The van der Waals surface area contributed by atoms with Gasteiger partial charge < -0.3 is 5.11 Å². The number of nitrogens with zero attached hydrogens (tertiary/aromatic N) is 2. The number of nitrogens with one attached hydrogen (secondary N) is 1. The zero-order chi connectivity index (χ0) is 14.6. The fourth-order valence-electron chi connectivity index (χ4n) is 1.27. The fourth-order valence-corrected chi connectivity index (χ4v) is 2.36. The van der Waals surface area contributed by atoms with Crippen molar-refractivity contribution in [1.82, 2.24) is 14.5 Å². The summed E-state index contributed by atoms with van der Waals surface area (Å²) in [7, 11) is -3.63.